The molecule has 1 atom stereocenters. The van der Waals surface area contributed by atoms with E-state index in [2.05, 4.69) is 10.3 Å². The van der Waals surface area contributed by atoms with Gasteiger partial charge in [0.05, 0.1) is 0 Å². The van der Waals surface area contributed by atoms with E-state index in [9.17, 15) is 14.0 Å². The maximum Gasteiger partial charge on any atom is 0.268 e. The third-order valence-electron chi connectivity index (χ3n) is 5.64. The highest BCUT2D eigenvalue weighted by atomic mass is 19.1. The molecule has 4 rings (SSSR count). The van der Waals surface area contributed by atoms with Gasteiger partial charge in [-0.25, -0.2) is 4.39 Å². The Kier molecular flexibility index (Phi) is 3.78. The summed E-state index contributed by atoms with van der Waals surface area (Å²) in [5, 5.41) is 3.51. The van der Waals surface area contributed by atoms with Crippen molar-refractivity contribution in [1.29, 1.82) is 0 Å². The van der Waals surface area contributed by atoms with Crippen LogP contribution in [0.2, 0.25) is 0 Å². The fraction of sp³-hybridized carbons (Fsp3) is 0.474. The molecule has 1 aromatic heterocycles. The number of aromatic amines is 1. The Morgan fingerprint density at radius 1 is 1.20 bits per heavy atom. The lowest BCUT2D eigenvalue weighted by Crippen LogP contribution is -2.49. The molecular weight excluding hydrogens is 321 g/mol. The summed E-state index contributed by atoms with van der Waals surface area (Å²) in [6, 6.07) is 5.41. The molecule has 0 bridgehead atoms. The predicted octanol–water partition coefficient (Wildman–Crippen LogP) is 2.83. The van der Waals surface area contributed by atoms with Crippen molar-refractivity contribution in [1.82, 2.24) is 15.2 Å². The van der Waals surface area contributed by atoms with Crippen LogP contribution < -0.4 is 5.32 Å². The highest BCUT2D eigenvalue weighted by molar-refractivity contribution is 6.00. The van der Waals surface area contributed by atoms with Gasteiger partial charge in [-0.3, -0.25) is 9.59 Å². The number of hydrogen-bond donors (Lipinski definition) is 2. The average Bonchev–Trinajstić information content (AvgIpc) is 3.21. The van der Waals surface area contributed by atoms with Crippen molar-refractivity contribution in [3.8, 4) is 0 Å². The van der Waals surface area contributed by atoms with Crippen LogP contribution >= 0.6 is 0 Å². The van der Waals surface area contributed by atoms with E-state index in [1.165, 1.54) is 25.0 Å². The Hall–Kier alpha value is -2.37. The van der Waals surface area contributed by atoms with Gasteiger partial charge in [-0.05, 0) is 62.3 Å². The van der Waals surface area contributed by atoms with E-state index in [-0.39, 0.29) is 17.6 Å². The van der Waals surface area contributed by atoms with Crippen molar-refractivity contribution < 1.29 is 14.0 Å². The third-order valence-corrected chi connectivity index (χ3v) is 5.64. The van der Waals surface area contributed by atoms with Crippen LogP contribution in [0.1, 0.15) is 43.1 Å². The smallest absolute Gasteiger partial charge is 0.268 e. The molecule has 1 spiro atoms. The maximum absolute atomic E-state index is 13.3. The SMILES string of the molecule is C[C@@H](NC(=O)c1cc2ccc(F)cc2[nH]1)C(=O)N1CCC2(CC1)CC2. The normalized spacial score (nSPS) is 19.8. The summed E-state index contributed by atoms with van der Waals surface area (Å²) in [6.07, 6.45) is 4.74. The molecule has 1 aliphatic heterocycles. The summed E-state index contributed by atoms with van der Waals surface area (Å²) in [6.45, 7) is 3.28. The standard InChI is InChI=1S/C19H22FN3O2/c1-12(18(25)23-8-6-19(4-5-19)7-9-23)21-17(24)16-10-13-2-3-14(20)11-15(13)22-16/h2-3,10-12,22H,4-9H2,1H3,(H,21,24)/t12-/m1/s1. The molecule has 2 amide bonds. The van der Waals surface area contributed by atoms with Gasteiger partial charge in [0.25, 0.3) is 5.91 Å². The van der Waals surface area contributed by atoms with E-state index in [1.54, 1.807) is 19.1 Å². The van der Waals surface area contributed by atoms with Crippen molar-refractivity contribution in [2.45, 2.75) is 38.6 Å². The first-order chi connectivity index (χ1) is 12.0. The molecular formula is C19H22FN3O2. The van der Waals surface area contributed by atoms with Gasteiger partial charge in [-0.2, -0.15) is 0 Å². The van der Waals surface area contributed by atoms with E-state index in [1.807, 2.05) is 4.90 Å². The Morgan fingerprint density at radius 3 is 2.60 bits per heavy atom. The number of fused-ring (bicyclic) bond motifs is 1. The molecule has 6 heteroatoms. The van der Waals surface area contributed by atoms with Crippen LogP contribution in [0.5, 0.6) is 0 Å². The van der Waals surface area contributed by atoms with Gasteiger partial charge in [-0.1, -0.05) is 0 Å². The number of halogens is 1. The first-order valence-corrected chi connectivity index (χ1v) is 8.84. The lowest BCUT2D eigenvalue weighted by Gasteiger charge is -2.33. The molecule has 2 fully saturated rings. The predicted molar refractivity (Wildman–Crippen MR) is 92.7 cm³/mol. The molecule has 2 heterocycles. The quantitative estimate of drug-likeness (QED) is 0.900. The van der Waals surface area contributed by atoms with Crippen LogP contribution in [0.3, 0.4) is 0 Å². The minimum atomic E-state index is -0.580. The number of carbonyl (C=O) groups is 2. The monoisotopic (exact) mass is 343 g/mol. The van der Waals surface area contributed by atoms with Crippen LogP contribution in [0.4, 0.5) is 4.39 Å². The zero-order chi connectivity index (χ0) is 17.6. The Balaban J connectivity index is 1.39. The van der Waals surface area contributed by atoms with Gasteiger partial charge in [0.2, 0.25) is 5.91 Å². The average molecular weight is 343 g/mol. The second kappa shape index (κ2) is 5.86. The highest BCUT2D eigenvalue weighted by Crippen LogP contribution is 2.53. The molecule has 1 saturated heterocycles. The Bertz CT molecular complexity index is 830. The highest BCUT2D eigenvalue weighted by Gasteiger charge is 2.45. The first kappa shape index (κ1) is 16.1. The summed E-state index contributed by atoms with van der Waals surface area (Å²) < 4.78 is 13.3. The maximum atomic E-state index is 13.3. The molecule has 2 aromatic rings. The number of hydrogen-bond acceptors (Lipinski definition) is 2. The number of piperidine rings is 1. The summed E-state index contributed by atoms with van der Waals surface area (Å²) in [5.41, 5.74) is 1.41. The van der Waals surface area contributed by atoms with E-state index in [0.29, 0.717) is 16.6 Å². The number of nitrogens with zero attached hydrogens (tertiary/aromatic N) is 1. The number of benzene rings is 1. The van der Waals surface area contributed by atoms with Crippen molar-refractivity contribution >= 4 is 22.7 Å². The fourth-order valence-electron chi connectivity index (χ4n) is 3.71. The van der Waals surface area contributed by atoms with Gasteiger partial charge < -0.3 is 15.2 Å². The minimum absolute atomic E-state index is 0.0361. The summed E-state index contributed by atoms with van der Waals surface area (Å²) in [7, 11) is 0. The summed E-state index contributed by atoms with van der Waals surface area (Å²) >= 11 is 0. The van der Waals surface area contributed by atoms with E-state index in [0.717, 1.165) is 31.3 Å². The second-order valence-electron chi connectivity index (χ2n) is 7.44. The number of carbonyl (C=O) groups excluding carboxylic acids is 2. The van der Waals surface area contributed by atoms with Crippen LogP contribution in [0.15, 0.2) is 24.3 Å². The number of nitrogens with one attached hydrogen (secondary N) is 2. The number of H-pyrrole nitrogens is 1. The van der Waals surface area contributed by atoms with Crippen molar-refractivity contribution in [3.63, 3.8) is 0 Å². The van der Waals surface area contributed by atoms with Crippen molar-refractivity contribution in [2.24, 2.45) is 5.41 Å². The lowest BCUT2D eigenvalue weighted by atomic mass is 9.93. The van der Waals surface area contributed by atoms with Crippen LogP contribution in [0, 0.1) is 11.2 Å². The van der Waals surface area contributed by atoms with Gasteiger partial charge in [0, 0.05) is 24.0 Å². The number of aromatic nitrogens is 1. The molecule has 1 aromatic carbocycles. The van der Waals surface area contributed by atoms with Crippen LogP contribution in [0.25, 0.3) is 10.9 Å². The van der Waals surface area contributed by atoms with Gasteiger partial charge >= 0.3 is 0 Å². The van der Waals surface area contributed by atoms with E-state index >= 15 is 0 Å². The first-order valence-electron chi connectivity index (χ1n) is 8.84. The van der Waals surface area contributed by atoms with Crippen LogP contribution in [-0.4, -0.2) is 40.8 Å². The molecule has 2 N–H and O–H groups in total. The fourth-order valence-corrected chi connectivity index (χ4v) is 3.71. The van der Waals surface area contributed by atoms with E-state index < -0.39 is 6.04 Å². The largest absolute Gasteiger partial charge is 0.350 e. The molecule has 25 heavy (non-hydrogen) atoms. The molecule has 5 nitrogen and oxygen atoms in total. The summed E-state index contributed by atoms with van der Waals surface area (Å²) in [5.74, 6) is -0.748. The van der Waals surface area contributed by atoms with Gasteiger partial charge in [0.15, 0.2) is 0 Å². The molecule has 0 unspecified atom stereocenters. The number of likely N-dealkylation sites (tertiary alicyclic amines) is 1. The zero-order valence-electron chi connectivity index (χ0n) is 14.3. The van der Waals surface area contributed by atoms with Crippen LogP contribution in [-0.2, 0) is 4.79 Å². The number of amides is 2. The molecule has 0 radical (unpaired) electrons. The minimum Gasteiger partial charge on any atom is -0.350 e. The van der Waals surface area contributed by atoms with Gasteiger partial charge in [-0.15, -0.1) is 0 Å². The third kappa shape index (κ3) is 3.13. The summed E-state index contributed by atoms with van der Waals surface area (Å²) in [4.78, 5) is 29.7. The molecule has 1 aliphatic carbocycles. The topological polar surface area (TPSA) is 65.2 Å². The Labute approximate surface area is 145 Å². The molecule has 1 saturated carbocycles. The van der Waals surface area contributed by atoms with E-state index in [4.69, 9.17) is 0 Å². The van der Waals surface area contributed by atoms with Crippen molar-refractivity contribution in [2.75, 3.05) is 13.1 Å². The zero-order valence-corrected chi connectivity index (χ0v) is 14.3. The molecule has 132 valence electrons. The number of rotatable bonds is 3. The van der Waals surface area contributed by atoms with Gasteiger partial charge in [0.1, 0.15) is 17.6 Å². The van der Waals surface area contributed by atoms with Crippen molar-refractivity contribution in [3.05, 3.63) is 35.8 Å². The Morgan fingerprint density at radius 2 is 1.92 bits per heavy atom. The molecule has 2 aliphatic rings. The second-order valence-corrected chi connectivity index (χ2v) is 7.44. The lowest BCUT2D eigenvalue weighted by molar-refractivity contribution is -0.134.